The summed E-state index contributed by atoms with van der Waals surface area (Å²) in [7, 11) is 0. The summed E-state index contributed by atoms with van der Waals surface area (Å²) in [5, 5.41) is 2.77. The van der Waals surface area contributed by atoms with E-state index in [1.165, 1.54) is 6.92 Å². The maximum absolute atomic E-state index is 12.1. The second-order valence-electron chi connectivity index (χ2n) is 4.97. The molecule has 0 saturated carbocycles. The van der Waals surface area contributed by atoms with E-state index in [4.69, 9.17) is 9.47 Å². The van der Waals surface area contributed by atoms with E-state index in [0.717, 1.165) is 0 Å². The van der Waals surface area contributed by atoms with Gasteiger partial charge >= 0.3 is 5.97 Å². The Morgan fingerprint density at radius 2 is 1.88 bits per heavy atom. The number of carbonyl (C=O) groups excluding carboxylic acids is 2. The third kappa shape index (κ3) is 3.52. The zero-order valence-electron chi connectivity index (χ0n) is 12.4. The quantitative estimate of drug-likeness (QED) is 0.413. The molecule has 3 rings (SSSR count). The lowest BCUT2D eigenvalue weighted by molar-refractivity contribution is -0.132. The summed E-state index contributed by atoms with van der Waals surface area (Å²) in [6.45, 7) is 1.33. The standard InChI is InChI=1S/C17H11Br2NO4/c1-9(21)23-16-11(18)6-10(7-12(16)19)8-15-17(22)20-13-4-2-3-5-14(13)24-15/h2-8H,1H3,(H,20,22). The van der Waals surface area contributed by atoms with Gasteiger partial charge in [-0.2, -0.15) is 0 Å². The van der Waals surface area contributed by atoms with Crippen LogP contribution in [0.2, 0.25) is 0 Å². The van der Waals surface area contributed by atoms with Crippen LogP contribution in [-0.4, -0.2) is 11.9 Å². The van der Waals surface area contributed by atoms with Gasteiger partial charge in [0.2, 0.25) is 0 Å². The van der Waals surface area contributed by atoms with Crippen LogP contribution in [0.25, 0.3) is 6.08 Å². The molecule has 0 aliphatic carbocycles. The van der Waals surface area contributed by atoms with Gasteiger partial charge in [-0.05, 0) is 67.8 Å². The van der Waals surface area contributed by atoms with Gasteiger partial charge in [-0.1, -0.05) is 12.1 Å². The van der Waals surface area contributed by atoms with E-state index in [2.05, 4.69) is 37.2 Å². The van der Waals surface area contributed by atoms with Crippen LogP contribution in [0.4, 0.5) is 5.69 Å². The molecule has 0 aromatic heterocycles. The molecule has 0 spiro atoms. The lowest BCUT2D eigenvalue weighted by atomic mass is 10.1. The second kappa shape index (κ2) is 6.78. The molecule has 1 N–H and O–H groups in total. The van der Waals surface area contributed by atoms with Gasteiger partial charge in [0.1, 0.15) is 0 Å². The number of benzene rings is 2. The zero-order chi connectivity index (χ0) is 17.3. The number of rotatable bonds is 2. The number of fused-ring (bicyclic) bond motifs is 1. The minimum absolute atomic E-state index is 0.174. The number of esters is 1. The van der Waals surface area contributed by atoms with Crippen LogP contribution in [-0.2, 0) is 9.59 Å². The predicted octanol–water partition coefficient (Wildman–Crippen LogP) is 4.51. The maximum Gasteiger partial charge on any atom is 0.308 e. The first-order valence-corrected chi connectivity index (χ1v) is 8.50. The fourth-order valence-electron chi connectivity index (χ4n) is 2.16. The predicted molar refractivity (Wildman–Crippen MR) is 96.8 cm³/mol. The van der Waals surface area contributed by atoms with Crippen molar-refractivity contribution in [3.05, 3.63) is 56.7 Å². The third-order valence-corrected chi connectivity index (χ3v) is 4.32. The molecule has 5 nitrogen and oxygen atoms in total. The highest BCUT2D eigenvalue weighted by molar-refractivity contribution is 9.11. The van der Waals surface area contributed by atoms with Crippen LogP contribution in [0.1, 0.15) is 12.5 Å². The fourth-order valence-corrected chi connectivity index (χ4v) is 3.54. The Labute approximate surface area is 154 Å². The number of hydrogen-bond acceptors (Lipinski definition) is 4. The summed E-state index contributed by atoms with van der Waals surface area (Å²) in [5.74, 6) is 0.383. The van der Waals surface area contributed by atoms with Gasteiger partial charge in [-0.3, -0.25) is 9.59 Å². The highest BCUT2D eigenvalue weighted by Crippen LogP contribution is 2.36. The molecule has 0 bridgehead atoms. The monoisotopic (exact) mass is 451 g/mol. The van der Waals surface area contributed by atoms with Gasteiger partial charge in [0.05, 0.1) is 14.6 Å². The zero-order valence-corrected chi connectivity index (χ0v) is 15.6. The molecule has 1 amide bonds. The minimum atomic E-state index is -0.422. The van der Waals surface area contributed by atoms with E-state index in [-0.39, 0.29) is 11.7 Å². The van der Waals surface area contributed by atoms with Gasteiger partial charge in [-0.15, -0.1) is 0 Å². The summed E-state index contributed by atoms with van der Waals surface area (Å²) in [4.78, 5) is 23.3. The average Bonchev–Trinajstić information content (AvgIpc) is 2.51. The molecular formula is C17H11Br2NO4. The number of carbonyl (C=O) groups is 2. The highest BCUT2D eigenvalue weighted by Gasteiger charge is 2.21. The Bertz CT molecular complexity index is 854. The van der Waals surface area contributed by atoms with Gasteiger partial charge in [0.25, 0.3) is 5.91 Å². The van der Waals surface area contributed by atoms with Crippen molar-refractivity contribution in [2.24, 2.45) is 0 Å². The van der Waals surface area contributed by atoms with E-state index >= 15 is 0 Å². The lowest BCUT2D eigenvalue weighted by Crippen LogP contribution is -2.23. The average molecular weight is 453 g/mol. The van der Waals surface area contributed by atoms with Crippen LogP contribution < -0.4 is 14.8 Å². The molecule has 2 aromatic rings. The van der Waals surface area contributed by atoms with Gasteiger partial charge in [0, 0.05) is 6.92 Å². The molecule has 24 heavy (non-hydrogen) atoms. The van der Waals surface area contributed by atoms with Crippen molar-refractivity contribution < 1.29 is 19.1 Å². The molecule has 2 aromatic carbocycles. The van der Waals surface area contributed by atoms with Crippen LogP contribution in [0.5, 0.6) is 11.5 Å². The molecule has 0 radical (unpaired) electrons. The molecule has 0 saturated heterocycles. The third-order valence-electron chi connectivity index (χ3n) is 3.14. The smallest absolute Gasteiger partial charge is 0.308 e. The van der Waals surface area contributed by atoms with Crippen LogP contribution in [0.15, 0.2) is 51.1 Å². The number of ether oxygens (including phenoxy) is 2. The fraction of sp³-hybridized carbons (Fsp3) is 0.0588. The van der Waals surface area contributed by atoms with Crippen LogP contribution >= 0.6 is 31.9 Å². The maximum atomic E-state index is 12.1. The first kappa shape index (κ1) is 16.7. The van der Waals surface area contributed by atoms with Crippen LogP contribution in [0, 0.1) is 0 Å². The lowest BCUT2D eigenvalue weighted by Gasteiger charge is -2.19. The number of hydrogen-bond donors (Lipinski definition) is 1. The Hall–Kier alpha value is -2.12. The minimum Gasteiger partial charge on any atom is -0.449 e. The Morgan fingerprint density at radius 3 is 2.54 bits per heavy atom. The summed E-state index contributed by atoms with van der Waals surface area (Å²) in [6.07, 6.45) is 1.61. The molecule has 0 unspecified atom stereocenters. The van der Waals surface area contributed by atoms with Crippen molar-refractivity contribution >= 4 is 55.5 Å². The topological polar surface area (TPSA) is 64.6 Å². The highest BCUT2D eigenvalue weighted by atomic mass is 79.9. The normalized spacial score (nSPS) is 14.6. The Balaban J connectivity index is 1.94. The molecule has 122 valence electrons. The largest absolute Gasteiger partial charge is 0.449 e. The van der Waals surface area contributed by atoms with Gasteiger partial charge < -0.3 is 14.8 Å². The summed E-state index contributed by atoms with van der Waals surface area (Å²) < 4.78 is 11.9. The summed E-state index contributed by atoms with van der Waals surface area (Å²) in [5.41, 5.74) is 1.33. The Morgan fingerprint density at radius 1 is 1.21 bits per heavy atom. The van der Waals surface area contributed by atoms with E-state index in [0.29, 0.717) is 31.7 Å². The molecular weight excluding hydrogens is 442 g/mol. The summed E-state index contributed by atoms with van der Waals surface area (Å²) >= 11 is 6.71. The molecule has 1 aliphatic rings. The SMILES string of the molecule is CC(=O)Oc1c(Br)cc(C=C2Oc3ccccc3NC2=O)cc1Br. The first-order valence-electron chi connectivity index (χ1n) is 6.91. The van der Waals surface area contributed by atoms with Crippen molar-refractivity contribution in [3.8, 4) is 11.5 Å². The number of halogens is 2. The molecule has 7 heteroatoms. The van der Waals surface area contributed by atoms with Crippen molar-refractivity contribution in [1.82, 2.24) is 0 Å². The molecule has 1 heterocycles. The first-order chi connectivity index (χ1) is 11.4. The van der Waals surface area contributed by atoms with Gasteiger partial charge in [0.15, 0.2) is 17.3 Å². The van der Waals surface area contributed by atoms with Crippen molar-refractivity contribution in [3.63, 3.8) is 0 Å². The number of nitrogens with one attached hydrogen (secondary N) is 1. The van der Waals surface area contributed by atoms with E-state index in [1.54, 1.807) is 30.3 Å². The number of para-hydroxylation sites is 2. The number of amides is 1. The van der Waals surface area contributed by atoms with E-state index < -0.39 is 5.97 Å². The van der Waals surface area contributed by atoms with E-state index in [9.17, 15) is 9.59 Å². The molecule has 0 fully saturated rings. The van der Waals surface area contributed by atoms with Gasteiger partial charge in [-0.25, -0.2) is 0 Å². The molecule has 1 aliphatic heterocycles. The van der Waals surface area contributed by atoms with Crippen LogP contribution in [0.3, 0.4) is 0 Å². The Kier molecular flexibility index (Phi) is 4.73. The van der Waals surface area contributed by atoms with Crippen molar-refractivity contribution in [2.45, 2.75) is 6.92 Å². The van der Waals surface area contributed by atoms with Crippen molar-refractivity contribution in [2.75, 3.05) is 5.32 Å². The van der Waals surface area contributed by atoms with E-state index in [1.807, 2.05) is 12.1 Å². The van der Waals surface area contributed by atoms with Crippen molar-refractivity contribution in [1.29, 1.82) is 0 Å². The summed E-state index contributed by atoms with van der Waals surface area (Å²) in [6, 6.07) is 10.7. The second-order valence-corrected chi connectivity index (χ2v) is 6.68. The number of anilines is 1. The molecule has 0 atom stereocenters.